The van der Waals surface area contributed by atoms with Gasteiger partial charge in [-0.1, -0.05) is 266 Å². The number of hydrogen-bond acceptors (Lipinski definition) is 6. The van der Waals surface area contributed by atoms with Gasteiger partial charge in [0.2, 0.25) is 0 Å². The minimum atomic E-state index is -0.763. The molecule has 0 aromatic heterocycles. The van der Waals surface area contributed by atoms with Crippen LogP contribution in [0.1, 0.15) is 305 Å². The highest BCUT2D eigenvalue weighted by Gasteiger charge is 2.19. The van der Waals surface area contributed by atoms with Gasteiger partial charge in [-0.15, -0.1) is 0 Å². The first kappa shape index (κ1) is 60.4. The third-order valence-electron chi connectivity index (χ3n) is 13.0. The fourth-order valence-corrected chi connectivity index (χ4v) is 8.44. The molecule has 0 radical (unpaired) electrons. The molecule has 0 amide bonds. The van der Waals surface area contributed by atoms with Crippen LogP contribution in [0.25, 0.3) is 0 Å². The highest BCUT2D eigenvalue weighted by molar-refractivity contribution is 5.71. The smallest absolute Gasteiger partial charge is 0.306 e. The molecule has 0 saturated carbocycles. The summed E-state index contributed by atoms with van der Waals surface area (Å²) in [6.07, 6.45) is 48.1. The van der Waals surface area contributed by atoms with E-state index in [1.165, 1.54) is 186 Å². The molecule has 0 aromatic rings. The van der Waals surface area contributed by atoms with Crippen LogP contribution in [0.5, 0.6) is 0 Å². The largest absolute Gasteiger partial charge is 0.462 e. The van der Waals surface area contributed by atoms with Gasteiger partial charge >= 0.3 is 17.9 Å². The first-order chi connectivity index (χ1) is 30.1. The monoisotopic (exact) mass is 877 g/mol. The lowest BCUT2D eigenvalue weighted by Crippen LogP contribution is -2.30. The van der Waals surface area contributed by atoms with Crippen LogP contribution < -0.4 is 0 Å². The Balaban J connectivity index is 4.24. The van der Waals surface area contributed by atoms with Crippen molar-refractivity contribution in [1.82, 2.24) is 0 Å². The minimum Gasteiger partial charge on any atom is -0.462 e. The van der Waals surface area contributed by atoms with Gasteiger partial charge in [-0.2, -0.15) is 0 Å². The number of unbranched alkanes of at least 4 members (excludes halogenated alkanes) is 31. The van der Waals surface area contributed by atoms with Crippen LogP contribution in [-0.2, 0) is 28.6 Å². The maximum Gasteiger partial charge on any atom is 0.306 e. The van der Waals surface area contributed by atoms with Crippen LogP contribution >= 0.6 is 0 Å². The summed E-state index contributed by atoms with van der Waals surface area (Å²) >= 11 is 0. The molecule has 0 fully saturated rings. The molecule has 0 spiro atoms. The number of ether oxygens (including phenoxy) is 3. The van der Waals surface area contributed by atoms with Crippen LogP contribution in [0.2, 0.25) is 0 Å². The Morgan fingerprint density at radius 1 is 0.323 bits per heavy atom. The SMILES string of the molecule is CCC(C)CCCCCCCCCCC(=O)OC[C@H](COC(=O)CCCCCCCCCCC(C)C)OC(=O)CCCCCCCCCCCCCCCCCCCCC(C)C. The lowest BCUT2D eigenvalue weighted by atomic mass is 9.99. The number of carbonyl (C=O) groups is 3. The first-order valence-electron chi connectivity index (χ1n) is 27.6. The maximum absolute atomic E-state index is 12.8. The average Bonchev–Trinajstić information content (AvgIpc) is 3.24. The highest BCUT2D eigenvalue weighted by Crippen LogP contribution is 2.18. The lowest BCUT2D eigenvalue weighted by Gasteiger charge is -2.18. The Kier molecular flexibility index (Phi) is 46.2. The van der Waals surface area contributed by atoms with E-state index in [2.05, 4.69) is 41.5 Å². The van der Waals surface area contributed by atoms with Gasteiger partial charge in [0.05, 0.1) is 0 Å². The second-order valence-corrected chi connectivity index (χ2v) is 20.4. The predicted molar refractivity (Wildman–Crippen MR) is 266 cm³/mol. The molecule has 0 N–H and O–H groups in total. The normalized spacial score (nSPS) is 12.6. The number of carbonyl (C=O) groups excluding carboxylic acids is 3. The van der Waals surface area contributed by atoms with Crippen LogP contribution in [0, 0.1) is 17.8 Å². The lowest BCUT2D eigenvalue weighted by molar-refractivity contribution is -0.167. The molecule has 62 heavy (non-hydrogen) atoms. The van der Waals surface area contributed by atoms with Gasteiger partial charge in [0, 0.05) is 19.3 Å². The first-order valence-corrected chi connectivity index (χ1v) is 27.6. The van der Waals surface area contributed by atoms with Crippen molar-refractivity contribution in [2.75, 3.05) is 13.2 Å². The van der Waals surface area contributed by atoms with Crippen molar-refractivity contribution in [3.05, 3.63) is 0 Å². The predicted octanol–water partition coefficient (Wildman–Crippen LogP) is 17.9. The molecule has 6 heteroatoms. The Morgan fingerprint density at radius 2 is 0.565 bits per heavy atom. The van der Waals surface area contributed by atoms with Crippen molar-refractivity contribution in [2.45, 2.75) is 311 Å². The molecule has 2 atom stereocenters. The highest BCUT2D eigenvalue weighted by atomic mass is 16.6. The molecule has 0 rings (SSSR count). The molecule has 0 bridgehead atoms. The standard InChI is InChI=1S/C56H108O6/c1-7-52(6)44-38-32-26-21-23-28-34-40-46-55(58)61-49-53(48-60-54(57)45-39-33-27-22-20-25-31-37-43-51(4)5)62-56(59)47-41-35-29-19-17-15-13-11-9-8-10-12-14-16-18-24-30-36-42-50(2)3/h50-53H,7-49H2,1-6H3/t52?,53-/m0/s1. The van der Waals surface area contributed by atoms with E-state index < -0.39 is 6.10 Å². The fraction of sp³-hybridized carbons (Fsp3) is 0.946. The molecule has 1 unspecified atom stereocenters. The molecular formula is C56H108O6. The minimum absolute atomic E-state index is 0.0650. The van der Waals surface area contributed by atoms with E-state index in [0.717, 1.165) is 75.5 Å². The maximum atomic E-state index is 12.8. The number of hydrogen-bond donors (Lipinski definition) is 0. The summed E-state index contributed by atoms with van der Waals surface area (Å²) in [6, 6.07) is 0. The Labute approximate surface area is 387 Å². The summed E-state index contributed by atoms with van der Waals surface area (Å²) in [5.74, 6) is 1.65. The summed E-state index contributed by atoms with van der Waals surface area (Å²) in [5, 5.41) is 0. The molecule has 0 aliphatic rings. The van der Waals surface area contributed by atoms with E-state index in [0.29, 0.717) is 19.3 Å². The van der Waals surface area contributed by atoms with Crippen LogP contribution in [0.15, 0.2) is 0 Å². The van der Waals surface area contributed by atoms with Crippen LogP contribution in [-0.4, -0.2) is 37.2 Å². The van der Waals surface area contributed by atoms with Gasteiger partial charge in [-0.25, -0.2) is 0 Å². The zero-order valence-electron chi connectivity index (χ0n) is 42.7. The van der Waals surface area contributed by atoms with Crippen molar-refractivity contribution >= 4 is 17.9 Å². The number of esters is 3. The second-order valence-electron chi connectivity index (χ2n) is 20.4. The van der Waals surface area contributed by atoms with E-state index >= 15 is 0 Å². The molecule has 0 aliphatic carbocycles. The second kappa shape index (κ2) is 47.4. The van der Waals surface area contributed by atoms with Crippen molar-refractivity contribution in [2.24, 2.45) is 17.8 Å². The van der Waals surface area contributed by atoms with Crippen molar-refractivity contribution in [1.29, 1.82) is 0 Å². The molecule has 6 nitrogen and oxygen atoms in total. The van der Waals surface area contributed by atoms with Gasteiger partial charge in [0.25, 0.3) is 0 Å². The zero-order valence-corrected chi connectivity index (χ0v) is 42.7. The van der Waals surface area contributed by atoms with E-state index in [1.807, 2.05) is 0 Å². The molecule has 0 heterocycles. The van der Waals surface area contributed by atoms with E-state index in [9.17, 15) is 14.4 Å². The van der Waals surface area contributed by atoms with Gasteiger partial charge in [-0.3, -0.25) is 14.4 Å². The fourth-order valence-electron chi connectivity index (χ4n) is 8.44. The Hall–Kier alpha value is -1.59. The Morgan fingerprint density at radius 3 is 0.839 bits per heavy atom. The van der Waals surface area contributed by atoms with Crippen LogP contribution in [0.4, 0.5) is 0 Å². The third-order valence-corrected chi connectivity index (χ3v) is 13.0. The Bertz CT molecular complexity index is 962. The molecular weight excluding hydrogens is 769 g/mol. The summed E-state index contributed by atoms with van der Waals surface area (Å²) < 4.78 is 16.8. The quantitative estimate of drug-likeness (QED) is 0.0344. The van der Waals surface area contributed by atoms with Crippen molar-refractivity contribution in [3.63, 3.8) is 0 Å². The molecule has 368 valence electrons. The summed E-state index contributed by atoms with van der Waals surface area (Å²) in [7, 11) is 0. The topological polar surface area (TPSA) is 78.9 Å². The van der Waals surface area contributed by atoms with E-state index in [1.54, 1.807) is 0 Å². The van der Waals surface area contributed by atoms with E-state index in [-0.39, 0.29) is 31.1 Å². The molecule has 0 saturated heterocycles. The summed E-state index contributed by atoms with van der Waals surface area (Å²) in [6.45, 7) is 13.7. The molecule has 0 aliphatic heterocycles. The van der Waals surface area contributed by atoms with Crippen molar-refractivity contribution < 1.29 is 28.6 Å². The van der Waals surface area contributed by atoms with Gasteiger partial charge in [0.1, 0.15) is 13.2 Å². The molecule has 0 aromatic carbocycles. The number of rotatable bonds is 49. The summed E-state index contributed by atoms with van der Waals surface area (Å²) in [5.41, 5.74) is 0. The van der Waals surface area contributed by atoms with E-state index in [4.69, 9.17) is 14.2 Å². The van der Waals surface area contributed by atoms with Crippen LogP contribution in [0.3, 0.4) is 0 Å². The zero-order chi connectivity index (χ0) is 45.6. The summed E-state index contributed by atoms with van der Waals surface area (Å²) in [4.78, 5) is 38.0. The van der Waals surface area contributed by atoms with Gasteiger partial charge < -0.3 is 14.2 Å². The third kappa shape index (κ3) is 47.9. The van der Waals surface area contributed by atoms with Gasteiger partial charge in [0.15, 0.2) is 6.10 Å². The average molecular weight is 877 g/mol. The van der Waals surface area contributed by atoms with Crippen molar-refractivity contribution in [3.8, 4) is 0 Å². The van der Waals surface area contributed by atoms with Gasteiger partial charge in [-0.05, 0) is 37.0 Å².